The summed E-state index contributed by atoms with van der Waals surface area (Å²) >= 11 is 7.95. The molecule has 0 saturated carbocycles. The maximum absolute atomic E-state index is 14.0. The van der Waals surface area contributed by atoms with E-state index in [1.54, 1.807) is 53.2 Å². The zero-order valence-electron chi connectivity index (χ0n) is 14.6. The Morgan fingerprint density at radius 3 is 2.77 bits per heavy atom. The molecule has 0 bridgehead atoms. The molecule has 3 rings (SSSR count). The summed E-state index contributed by atoms with van der Waals surface area (Å²) in [6.07, 6.45) is -0.426. The lowest BCUT2D eigenvalue weighted by molar-refractivity contribution is 0.000951. The van der Waals surface area contributed by atoms with E-state index in [1.807, 2.05) is 0 Å². The van der Waals surface area contributed by atoms with Crippen LogP contribution in [0.3, 0.4) is 0 Å². The van der Waals surface area contributed by atoms with Crippen molar-refractivity contribution in [3.05, 3.63) is 26.0 Å². The van der Waals surface area contributed by atoms with Crippen LogP contribution in [0, 0.1) is 9.39 Å². The molecule has 1 unspecified atom stereocenters. The van der Waals surface area contributed by atoms with Crippen LogP contribution in [0.1, 0.15) is 31.1 Å². The minimum absolute atomic E-state index is 0.0952. The van der Waals surface area contributed by atoms with Gasteiger partial charge in [-0.2, -0.15) is 0 Å². The van der Waals surface area contributed by atoms with E-state index in [0.29, 0.717) is 13.1 Å². The number of piperazine rings is 1. The Labute approximate surface area is 169 Å². The minimum Gasteiger partial charge on any atom is -0.489 e. The normalized spacial score (nSPS) is 20.1. The van der Waals surface area contributed by atoms with Crippen LogP contribution < -0.4 is 4.74 Å². The highest BCUT2D eigenvalue weighted by Crippen LogP contribution is 2.38. The lowest BCUT2D eigenvalue weighted by atomic mass is 10.1. The number of nitrogens with zero attached hydrogens (tertiary/aromatic N) is 2. The van der Waals surface area contributed by atoms with Crippen LogP contribution in [0.15, 0.2) is 6.07 Å². The molecule has 142 valence electrons. The summed E-state index contributed by atoms with van der Waals surface area (Å²) in [5.74, 6) is -0.707. The van der Waals surface area contributed by atoms with Crippen LogP contribution in [0.25, 0.3) is 0 Å². The summed E-state index contributed by atoms with van der Waals surface area (Å²) in [5, 5.41) is 0.0952. The van der Waals surface area contributed by atoms with Crippen LogP contribution in [0.2, 0.25) is 5.02 Å². The predicted octanol–water partition coefficient (Wildman–Crippen LogP) is 3.54. The Kier molecular flexibility index (Phi) is 5.26. The lowest BCUT2D eigenvalue weighted by Gasteiger charge is -2.40. The molecule has 26 heavy (non-hydrogen) atoms. The maximum Gasteiger partial charge on any atom is 0.410 e. The number of carbonyl (C=O) groups is 2. The van der Waals surface area contributed by atoms with Crippen molar-refractivity contribution in [1.29, 1.82) is 0 Å². The van der Waals surface area contributed by atoms with Crippen molar-refractivity contribution in [1.82, 2.24) is 9.80 Å². The third kappa shape index (κ3) is 3.71. The number of hydrogen-bond acceptors (Lipinski definition) is 4. The van der Waals surface area contributed by atoms with E-state index in [2.05, 4.69) is 0 Å². The van der Waals surface area contributed by atoms with Crippen molar-refractivity contribution >= 4 is 46.2 Å². The molecule has 2 heterocycles. The van der Waals surface area contributed by atoms with Gasteiger partial charge >= 0.3 is 6.09 Å². The average molecular weight is 497 g/mol. The number of rotatable bonds is 0. The van der Waals surface area contributed by atoms with Gasteiger partial charge in [0.1, 0.15) is 18.0 Å². The predicted molar refractivity (Wildman–Crippen MR) is 102 cm³/mol. The Morgan fingerprint density at radius 1 is 1.42 bits per heavy atom. The molecule has 1 saturated heterocycles. The summed E-state index contributed by atoms with van der Waals surface area (Å²) < 4.78 is 25.4. The lowest BCUT2D eigenvalue weighted by Crippen LogP contribution is -2.58. The molecule has 9 heteroatoms. The van der Waals surface area contributed by atoms with E-state index in [4.69, 9.17) is 21.1 Å². The smallest absolute Gasteiger partial charge is 0.410 e. The van der Waals surface area contributed by atoms with Crippen molar-refractivity contribution in [2.24, 2.45) is 0 Å². The number of hydrogen-bond donors (Lipinski definition) is 0. The zero-order valence-corrected chi connectivity index (χ0v) is 17.6. The van der Waals surface area contributed by atoms with Gasteiger partial charge in [0.2, 0.25) is 0 Å². The third-order valence-electron chi connectivity index (χ3n) is 4.16. The first kappa shape index (κ1) is 19.5. The fraction of sp³-hybridized carbons (Fsp3) is 0.529. The monoisotopic (exact) mass is 496 g/mol. The maximum atomic E-state index is 14.0. The second-order valence-electron chi connectivity index (χ2n) is 7.25. The third-order valence-corrected chi connectivity index (χ3v) is 5.90. The highest BCUT2D eigenvalue weighted by molar-refractivity contribution is 14.1. The summed E-state index contributed by atoms with van der Waals surface area (Å²) in [6, 6.07) is 0.807. The highest BCUT2D eigenvalue weighted by Gasteiger charge is 2.39. The molecular weight excluding hydrogens is 478 g/mol. The van der Waals surface area contributed by atoms with Crippen molar-refractivity contribution < 1.29 is 23.5 Å². The Hall–Kier alpha value is -1.29. The van der Waals surface area contributed by atoms with E-state index in [-0.39, 0.29) is 45.0 Å². The molecule has 1 aromatic carbocycles. The standard InChI is InChI=1S/C17H19ClFIN2O4/c1-17(2,3)26-16(24)21-4-5-22-9(7-21)8-25-14-10(15(22)23)6-11(19)13(20)12(14)18/h6,9H,4-5,7-8H2,1-3H3. The van der Waals surface area contributed by atoms with Crippen LogP contribution in [-0.2, 0) is 4.74 Å². The van der Waals surface area contributed by atoms with Crippen LogP contribution in [0.5, 0.6) is 5.75 Å². The summed E-state index contributed by atoms with van der Waals surface area (Å²) in [6.45, 7) is 6.51. The van der Waals surface area contributed by atoms with Gasteiger partial charge in [-0.1, -0.05) is 11.6 Å². The van der Waals surface area contributed by atoms with Gasteiger partial charge < -0.3 is 19.3 Å². The van der Waals surface area contributed by atoms with Gasteiger partial charge in [-0.25, -0.2) is 9.18 Å². The van der Waals surface area contributed by atoms with Crippen LogP contribution in [-0.4, -0.2) is 59.7 Å². The number of ether oxygens (including phenoxy) is 2. The largest absolute Gasteiger partial charge is 0.489 e. The fourth-order valence-electron chi connectivity index (χ4n) is 2.97. The molecule has 6 nitrogen and oxygen atoms in total. The Balaban J connectivity index is 1.83. The van der Waals surface area contributed by atoms with Gasteiger partial charge in [-0.15, -0.1) is 0 Å². The van der Waals surface area contributed by atoms with Crippen molar-refractivity contribution in [2.75, 3.05) is 26.2 Å². The molecule has 0 aliphatic carbocycles. The van der Waals surface area contributed by atoms with E-state index in [1.165, 1.54) is 0 Å². The number of benzene rings is 1. The van der Waals surface area contributed by atoms with Crippen LogP contribution in [0.4, 0.5) is 9.18 Å². The van der Waals surface area contributed by atoms with E-state index < -0.39 is 17.5 Å². The molecule has 2 amide bonds. The summed E-state index contributed by atoms with van der Waals surface area (Å²) in [5.41, 5.74) is -0.483. The van der Waals surface area contributed by atoms with Crippen LogP contribution >= 0.6 is 34.2 Å². The molecule has 0 radical (unpaired) electrons. The van der Waals surface area contributed by atoms with Crippen molar-refractivity contribution in [3.8, 4) is 5.75 Å². The molecule has 1 atom stereocenters. The highest BCUT2D eigenvalue weighted by atomic mass is 127. The van der Waals surface area contributed by atoms with E-state index >= 15 is 0 Å². The number of fused-ring (bicyclic) bond motifs is 2. The molecule has 1 aromatic rings. The quantitative estimate of drug-likeness (QED) is 0.407. The first-order chi connectivity index (χ1) is 12.1. The molecule has 0 spiro atoms. The number of amides is 2. The summed E-state index contributed by atoms with van der Waals surface area (Å²) in [7, 11) is 0. The molecule has 2 aliphatic rings. The van der Waals surface area contributed by atoms with Gasteiger partial charge in [0.25, 0.3) is 5.91 Å². The molecular formula is C17H19ClFIN2O4. The zero-order chi connectivity index (χ0) is 19.2. The Bertz CT molecular complexity index is 768. The fourth-order valence-corrected chi connectivity index (χ4v) is 3.62. The second kappa shape index (κ2) is 7.03. The molecule has 2 aliphatic heterocycles. The van der Waals surface area contributed by atoms with Gasteiger partial charge in [0, 0.05) is 19.6 Å². The number of halogens is 3. The topological polar surface area (TPSA) is 59.1 Å². The molecule has 1 fully saturated rings. The van der Waals surface area contributed by atoms with Gasteiger partial charge in [0.15, 0.2) is 5.75 Å². The Morgan fingerprint density at radius 2 is 2.12 bits per heavy atom. The van der Waals surface area contributed by atoms with E-state index in [9.17, 15) is 14.0 Å². The first-order valence-corrected chi connectivity index (χ1v) is 9.63. The average Bonchev–Trinajstić information content (AvgIpc) is 2.69. The van der Waals surface area contributed by atoms with E-state index in [0.717, 1.165) is 6.07 Å². The first-order valence-electron chi connectivity index (χ1n) is 8.17. The van der Waals surface area contributed by atoms with Crippen molar-refractivity contribution in [3.63, 3.8) is 0 Å². The van der Waals surface area contributed by atoms with Gasteiger partial charge in [-0.05, 0) is 49.4 Å². The molecule has 0 aromatic heterocycles. The SMILES string of the molecule is CC(C)(C)OC(=O)N1CCN2C(=O)c3cc(F)c(I)c(Cl)c3OCC2C1. The second-order valence-corrected chi connectivity index (χ2v) is 8.71. The minimum atomic E-state index is -0.595. The summed E-state index contributed by atoms with van der Waals surface area (Å²) in [4.78, 5) is 28.3. The molecule has 0 N–H and O–H groups in total. The van der Waals surface area contributed by atoms with Gasteiger partial charge in [-0.3, -0.25) is 4.79 Å². The van der Waals surface area contributed by atoms with Crippen molar-refractivity contribution in [2.45, 2.75) is 32.4 Å². The van der Waals surface area contributed by atoms with Gasteiger partial charge in [0.05, 0.1) is 20.2 Å². The number of carbonyl (C=O) groups excluding carboxylic acids is 2.